The van der Waals surface area contributed by atoms with Crippen LogP contribution in [0.25, 0.3) is 10.9 Å². The first-order valence-electron chi connectivity index (χ1n) is 6.41. The van der Waals surface area contributed by atoms with Gasteiger partial charge in [0.15, 0.2) is 0 Å². The standard InChI is InChI=1S/C14H14ClN3O2/c15-11-7-10-1-2-12(8-13(10)16-9-11)17-3-5-18(6-4-17)14(19)20/h1-2,7-9H,3-6H2,(H,19,20). The molecule has 104 valence electrons. The molecule has 6 heteroatoms. The highest BCUT2D eigenvalue weighted by Crippen LogP contribution is 2.23. The van der Waals surface area contributed by atoms with Crippen LogP contribution in [0.2, 0.25) is 5.02 Å². The van der Waals surface area contributed by atoms with Gasteiger partial charge in [0.1, 0.15) is 0 Å². The van der Waals surface area contributed by atoms with Gasteiger partial charge in [-0.05, 0) is 18.2 Å². The van der Waals surface area contributed by atoms with Crippen LogP contribution >= 0.6 is 11.6 Å². The lowest BCUT2D eigenvalue weighted by Gasteiger charge is -2.34. The second kappa shape index (κ2) is 5.17. The van der Waals surface area contributed by atoms with Gasteiger partial charge < -0.3 is 14.9 Å². The van der Waals surface area contributed by atoms with Gasteiger partial charge in [0.05, 0.1) is 10.5 Å². The summed E-state index contributed by atoms with van der Waals surface area (Å²) in [6, 6.07) is 7.92. The van der Waals surface area contributed by atoms with Crippen LogP contribution in [0, 0.1) is 0 Å². The Balaban J connectivity index is 1.81. The van der Waals surface area contributed by atoms with Gasteiger partial charge in [-0.2, -0.15) is 0 Å². The number of carboxylic acid groups (broad SMARTS) is 1. The molecule has 1 N–H and O–H groups in total. The number of halogens is 1. The molecule has 0 radical (unpaired) electrons. The molecule has 0 aliphatic carbocycles. The van der Waals surface area contributed by atoms with E-state index in [1.165, 1.54) is 4.90 Å². The van der Waals surface area contributed by atoms with Crippen molar-refractivity contribution in [2.45, 2.75) is 0 Å². The molecule has 20 heavy (non-hydrogen) atoms. The number of rotatable bonds is 1. The fourth-order valence-corrected chi connectivity index (χ4v) is 2.60. The number of pyridine rings is 1. The average Bonchev–Trinajstić information content (AvgIpc) is 2.47. The summed E-state index contributed by atoms with van der Waals surface area (Å²) in [7, 11) is 0. The van der Waals surface area contributed by atoms with E-state index in [-0.39, 0.29) is 0 Å². The van der Waals surface area contributed by atoms with Crippen molar-refractivity contribution < 1.29 is 9.90 Å². The van der Waals surface area contributed by atoms with Gasteiger partial charge in [-0.1, -0.05) is 17.7 Å². The smallest absolute Gasteiger partial charge is 0.407 e. The summed E-state index contributed by atoms with van der Waals surface area (Å²) < 4.78 is 0. The van der Waals surface area contributed by atoms with Gasteiger partial charge in [-0.3, -0.25) is 4.98 Å². The zero-order chi connectivity index (χ0) is 14.1. The molecule has 1 amide bonds. The minimum absolute atomic E-state index is 0.529. The first kappa shape index (κ1) is 13.0. The van der Waals surface area contributed by atoms with Crippen LogP contribution in [-0.2, 0) is 0 Å². The van der Waals surface area contributed by atoms with Crippen molar-refractivity contribution in [2.75, 3.05) is 31.1 Å². The Kier molecular flexibility index (Phi) is 3.36. The van der Waals surface area contributed by atoms with Crippen molar-refractivity contribution in [3.05, 3.63) is 35.5 Å². The number of aromatic nitrogens is 1. The minimum Gasteiger partial charge on any atom is -0.465 e. The lowest BCUT2D eigenvalue weighted by molar-refractivity contribution is 0.142. The van der Waals surface area contributed by atoms with Crippen LogP contribution in [0.4, 0.5) is 10.5 Å². The number of fused-ring (bicyclic) bond motifs is 1. The first-order chi connectivity index (χ1) is 9.63. The monoisotopic (exact) mass is 291 g/mol. The Labute approximate surface area is 121 Å². The lowest BCUT2D eigenvalue weighted by atomic mass is 10.1. The van der Waals surface area contributed by atoms with Crippen molar-refractivity contribution in [3.63, 3.8) is 0 Å². The molecule has 0 bridgehead atoms. The van der Waals surface area contributed by atoms with E-state index in [2.05, 4.69) is 9.88 Å². The van der Waals surface area contributed by atoms with Crippen molar-refractivity contribution >= 4 is 34.3 Å². The number of anilines is 1. The molecule has 1 saturated heterocycles. The molecule has 2 aromatic rings. The highest BCUT2D eigenvalue weighted by molar-refractivity contribution is 6.31. The fourth-order valence-electron chi connectivity index (χ4n) is 2.44. The molecule has 1 aliphatic rings. The van der Waals surface area contributed by atoms with Gasteiger partial charge >= 0.3 is 6.09 Å². The molecule has 1 aromatic carbocycles. The molecule has 0 unspecified atom stereocenters. The van der Waals surface area contributed by atoms with Crippen molar-refractivity contribution in [1.29, 1.82) is 0 Å². The van der Waals surface area contributed by atoms with Crippen molar-refractivity contribution in [1.82, 2.24) is 9.88 Å². The summed E-state index contributed by atoms with van der Waals surface area (Å²) in [5, 5.41) is 10.6. The average molecular weight is 292 g/mol. The van der Waals surface area contributed by atoms with Crippen LogP contribution in [0.15, 0.2) is 30.5 Å². The number of carbonyl (C=O) groups is 1. The second-order valence-electron chi connectivity index (χ2n) is 4.79. The molecule has 3 rings (SSSR count). The minimum atomic E-state index is -0.848. The van der Waals surface area contributed by atoms with Crippen LogP contribution in [0.5, 0.6) is 0 Å². The number of amides is 1. The maximum atomic E-state index is 10.9. The van der Waals surface area contributed by atoms with E-state index >= 15 is 0 Å². The molecule has 5 nitrogen and oxygen atoms in total. The van der Waals surface area contributed by atoms with E-state index < -0.39 is 6.09 Å². The highest BCUT2D eigenvalue weighted by Gasteiger charge is 2.20. The molecule has 1 aromatic heterocycles. The van der Waals surface area contributed by atoms with E-state index in [9.17, 15) is 4.79 Å². The number of nitrogens with zero attached hydrogens (tertiary/aromatic N) is 3. The molecule has 1 aliphatic heterocycles. The zero-order valence-corrected chi connectivity index (χ0v) is 11.5. The first-order valence-corrected chi connectivity index (χ1v) is 6.79. The van der Waals surface area contributed by atoms with Crippen LogP contribution in [-0.4, -0.2) is 47.3 Å². The predicted octanol–water partition coefficient (Wildman–Crippen LogP) is 2.69. The Morgan fingerprint density at radius 3 is 2.65 bits per heavy atom. The Hall–Kier alpha value is -2.01. The maximum absolute atomic E-state index is 10.9. The SMILES string of the molecule is O=C(O)N1CCN(c2ccc3cc(Cl)cnc3c2)CC1. The third-order valence-electron chi connectivity index (χ3n) is 3.55. The number of piperazine rings is 1. The topological polar surface area (TPSA) is 56.7 Å². The third-order valence-corrected chi connectivity index (χ3v) is 3.76. The maximum Gasteiger partial charge on any atom is 0.407 e. The van der Waals surface area contributed by atoms with Crippen LogP contribution in [0.3, 0.4) is 0 Å². The summed E-state index contributed by atoms with van der Waals surface area (Å²) >= 11 is 5.92. The molecule has 0 spiro atoms. The van der Waals surface area contributed by atoms with E-state index in [1.807, 2.05) is 24.3 Å². The van der Waals surface area contributed by atoms with Crippen molar-refractivity contribution in [3.8, 4) is 0 Å². The lowest BCUT2D eigenvalue weighted by Crippen LogP contribution is -2.48. The fraction of sp³-hybridized carbons (Fsp3) is 0.286. The number of hydrogen-bond donors (Lipinski definition) is 1. The van der Waals surface area contributed by atoms with E-state index in [0.29, 0.717) is 31.2 Å². The van der Waals surface area contributed by atoms with Gasteiger partial charge in [0.25, 0.3) is 0 Å². The second-order valence-corrected chi connectivity index (χ2v) is 5.22. The zero-order valence-electron chi connectivity index (χ0n) is 10.8. The number of hydrogen-bond acceptors (Lipinski definition) is 3. The summed E-state index contributed by atoms with van der Waals surface area (Å²) in [5.74, 6) is 0. The summed E-state index contributed by atoms with van der Waals surface area (Å²) in [6.07, 6.45) is 0.787. The Morgan fingerprint density at radius 2 is 1.95 bits per heavy atom. The molecular formula is C14H14ClN3O2. The van der Waals surface area contributed by atoms with E-state index in [4.69, 9.17) is 16.7 Å². The molecular weight excluding hydrogens is 278 g/mol. The summed E-state index contributed by atoms with van der Waals surface area (Å²) in [5.41, 5.74) is 1.96. The largest absolute Gasteiger partial charge is 0.465 e. The molecule has 0 saturated carbocycles. The third kappa shape index (κ3) is 2.49. The normalized spacial score (nSPS) is 15.7. The molecule has 1 fully saturated rings. The van der Waals surface area contributed by atoms with E-state index in [0.717, 1.165) is 16.6 Å². The highest BCUT2D eigenvalue weighted by atomic mass is 35.5. The molecule has 2 heterocycles. The predicted molar refractivity (Wildman–Crippen MR) is 78.6 cm³/mol. The van der Waals surface area contributed by atoms with Crippen LogP contribution in [0.1, 0.15) is 0 Å². The van der Waals surface area contributed by atoms with Crippen molar-refractivity contribution in [2.24, 2.45) is 0 Å². The van der Waals surface area contributed by atoms with Gasteiger partial charge in [-0.15, -0.1) is 0 Å². The summed E-state index contributed by atoms with van der Waals surface area (Å²) in [4.78, 5) is 18.8. The van der Waals surface area contributed by atoms with Crippen LogP contribution < -0.4 is 4.90 Å². The van der Waals surface area contributed by atoms with Gasteiger partial charge in [0.2, 0.25) is 0 Å². The quantitative estimate of drug-likeness (QED) is 0.878. The van der Waals surface area contributed by atoms with Gasteiger partial charge in [-0.25, -0.2) is 4.79 Å². The Bertz CT molecular complexity index is 654. The number of benzene rings is 1. The van der Waals surface area contributed by atoms with E-state index in [1.54, 1.807) is 6.20 Å². The molecule has 0 atom stereocenters. The summed E-state index contributed by atoms with van der Waals surface area (Å²) in [6.45, 7) is 2.46. The Morgan fingerprint density at radius 1 is 1.20 bits per heavy atom. The van der Waals surface area contributed by atoms with Gasteiger partial charge in [0, 0.05) is 43.4 Å².